The van der Waals surface area contributed by atoms with Gasteiger partial charge in [0.25, 0.3) is 11.8 Å². The van der Waals surface area contributed by atoms with Crippen LogP contribution in [-0.2, 0) is 0 Å². The molecular formula is C34H28Cl2F2N4O5. The minimum atomic E-state index is -3.77. The van der Waals surface area contributed by atoms with Gasteiger partial charge in [-0.3, -0.25) is 4.79 Å². The van der Waals surface area contributed by atoms with Crippen molar-refractivity contribution in [3.05, 3.63) is 100 Å². The number of carbonyl (C=O) groups excluding carboxylic acids is 1. The van der Waals surface area contributed by atoms with Gasteiger partial charge in [-0.2, -0.15) is 4.98 Å². The van der Waals surface area contributed by atoms with E-state index in [2.05, 4.69) is 15.5 Å². The van der Waals surface area contributed by atoms with Crippen molar-refractivity contribution in [2.24, 2.45) is 0 Å². The summed E-state index contributed by atoms with van der Waals surface area (Å²) >= 11 is 13.0. The summed E-state index contributed by atoms with van der Waals surface area (Å²) in [4.78, 5) is 21.5. The van der Waals surface area contributed by atoms with Gasteiger partial charge in [0.05, 0.1) is 22.8 Å². The van der Waals surface area contributed by atoms with E-state index in [-0.39, 0.29) is 29.2 Å². The molecule has 0 spiro atoms. The summed E-state index contributed by atoms with van der Waals surface area (Å²) in [5.74, 6) is -5.77. The number of nitrogens with one attached hydrogen (secondary N) is 1. The van der Waals surface area contributed by atoms with Gasteiger partial charge in [0, 0.05) is 33.2 Å². The van der Waals surface area contributed by atoms with Crippen LogP contribution in [0.25, 0.3) is 33.8 Å². The van der Waals surface area contributed by atoms with Gasteiger partial charge in [0.15, 0.2) is 0 Å². The molecule has 2 aromatic heterocycles. The number of ether oxygens (including phenoxy) is 1. The SMILES string of the molecule is CC1(C)C[C@@H](C(O)C(F)(F)CNC(=O)c2ccccc2O)c2cc(-c3ccc(Cl)cc3)c(-c3ccc(-c4ncon4)cc3Cl)nc2O1. The molecule has 5 aromatic rings. The molecule has 1 amide bonds. The summed E-state index contributed by atoms with van der Waals surface area (Å²) in [6.07, 6.45) is -1.01. The largest absolute Gasteiger partial charge is 0.507 e. The number of alkyl halides is 2. The molecule has 2 atom stereocenters. The zero-order chi connectivity index (χ0) is 33.5. The Kier molecular flexibility index (Phi) is 8.64. The maximum Gasteiger partial charge on any atom is 0.290 e. The Hall–Kier alpha value is -4.58. The van der Waals surface area contributed by atoms with Gasteiger partial charge in [-0.1, -0.05) is 64.8 Å². The molecule has 0 saturated heterocycles. The molecule has 1 aliphatic rings. The number of amides is 1. The number of aliphatic hydroxyl groups is 1. The third kappa shape index (κ3) is 6.64. The first-order valence-electron chi connectivity index (χ1n) is 14.5. The average molecular weight is 682 g/mol. The zero-order valence-corrected chi connectivity index (χ0v) is 26.6. The lowest BCUT2D eigenvalue weighted by Gasteiger charge is -2.40. The van der Waals surface area contributed by atoms with Crippen LogP contribution in [0.5, 0.6) is 11.6 Å². The number of carbonyl (C=O) groups is 1. The highest BCUT2D eigenvalue weighted by Crippen LogP contribution is 2.48. The van der Waals surface area contributed by atoms with E-state index in [4.69, 9.17) is 37.4 Å². The van der Waals surface area contributed by atoms with Gasteiger partial charge >= 0.3 is 0 Å². The van der Waals surface area contributed by atoms with E-state index in [1.54, 1.807) is 62.4 Å². The maximum atomic E-state index is 15.7. The lowest BCUT2D eigenvalue weighted by molar-refractivity contribution is -0.124. The number of rotatable bonds is 8. The van der Waals surface area contributed by atoms with E-state index >= 15 is 8.78 Å². The van der Waals surface area contributed by atoms with E-state index in [9.17, 15) is 15.0 Å². The number of phenolic OH excluding ortho intramolecular Hbond substituents is 1. The molecular weight excluding hydrogens is 653 g/mol. The van der Waals surface area contributed by atoms with Crippen LogP contribution in [-0.4, -0.2) is 55.4 Å². The predicted octanol–water partition coefficient (Wildman–Crippen LogP) is 7.55. The van der Waals surface area contributed by atoms with Crippen molar-refractivity contribution < 1.29 is 33.0 Å². The van der Waals surface area contributed by atoms with Crippen LogP contribution in [0.3, 0.4) is 0 Å². The number of aromatic hydroxyl groups is 1. The molecule has 242 valence electrons. The maximum absolute atomic E-state index is 15.7. The molecule has 6 rings (SSSR count). The second-order valence-electron chi connectivity index (χ2n) is 11.8. The highest BCUT2D eigenvalue weighted by Gasteiger charge is 2.49. The van der Waals surface area contributed by atoms with Gasteiger partial charge in [-0.15, -0.1) is 0 Å². The highest BCUT2D eigenvalue weighted by atomic mass is 35.5. The van der Waals surface area contributed by atoms with Crippen molar-refractivity contribution in [2.45, 2.75) is 43.8 Å². The van der Waals surface area contributed by atoms with Gasteiger partial charge in [-0.25, -0.2) is 13.8 Å². The van der Waals surface area contributed by atoms with E-state index < -0.39 is 36.0 Å². The standard InChI is InChI=1S/C34H28Cl2F2N4O5/c1-33(2)15-25(29(44)34(37,38)16-39-31(45)22-5-3-4-6-27(22)43)24-14-23(18-7-10-20(35)11-8-18)28(41-32(24)47-33)21-12-9-19(13-26(21)36)30-40-17-46-42-30/h3-14,17,25,29,43-44H,15-16H2,1-2H3,(H,39,45)/t25-,29?/m1/s1. The van der Waals surface area contributed by atoms with Crippen molar-refractivity contribution in [3.8, 4) is 45.4 Å². The lowest BCUT2D eigenvalue weighted by Crippen LogP contribution is -2.50. The molecule has 9 nitrogen and oxygen atoms in total. The van der Waals surface area contributed by atoms with Gasteiger partial charge in [0.1, 0.15) is 17.5 Å². The minimum absolute atomic E-state index is 0.0193. The Labute approximate surface area is 278 Å². The average Bonchev–Trinajstić information content (AvgIpc) is 3.58. The highest BCUT2D eigenvalue weighted by molar-refractivity contribution is 6.33. The van der Waals surface area contributed by atoms with Crippen LogP contribution in [0.2, 0.25) is 10.0 Å². The lowest BCUT2D eigenvalue weighted by atomic mass is 9.79. The number of hydrogen-bond donors (Lipinski definition) is 3. The van der Waals surface area contributed by atoms with Crippen LogP contribution in [0, 0.1) is 0 Å². The van der Waals surface area contributed by atoms with Gasteiger partial charge in [-0.05, 0) is 62.2 Å². The molecule has 13 heteroatoms. The molecule has 0 radical (unpaired) electrons. The Morgan fingerprint density at radius 3 is 2.47 bits per heavy atom. The smallest absolute Gasteiger partial charge is 0.290 e. The van der Waals surface area contributed by atoms with Crippen molar-refractivity contribution in [2.75, 3.05) is 6.54 Å². The summed E-state index contributed by atoms with van der Waals surface area (Å²) < 4.78 is 42.5. The third-order valence-electron chi connectivity index (χ3n) is 7.95. The van der Waals surface area contributed by atoms with Crippen LogP contribution in [0.15, 0.2) is 83.7 Å². The molecule has 0 bridgehead atoms. The van der Waals surface area contributed by atoms with Crippen LogP contribution in [0.1, 0.15) is 42.1 Å². The number of halogens is 4. The Morgan fingerprint density at radius 2 is 1.79 bits per heavy atom. The second kappa shape index (κ2) is 12.6. The second-order valence-corrected chi connectivity index (χ2v) is 12.7. The first kappa shape index (κ1) is 32.4. The number of aliphatic hydroxyl groups excluding tert-OH is 1. The molecule has 1 aliphatic heterocycles. The number of nitrogens with zero attached hydrogens (tertiary/aromatic N) is 3. The first-order valence-corrected chi connectivity index (χ1v) is 15.3. The van der Waals surface area contributed by atoms with Gasteiger partial charge in [0.2, 0.25) is 18.1 Å². The molecule has 0 fully saturated rings. The molecule has 3 heterocycles. The van der Waals surface area contributed by atoms with Gasteiger partial charge < -0.3 is 24.8 Å². The summed E-state index contributed by atoms with van der Waals surface area (Å²) in [6.45, 7) is 2.26. The van der Waals surface area contributed by atoms with E-state index in [0.717, 1.165) is 0 Å². The number of para-hydroxylation sites is 1. The zero-order valence-electron chi connectivity index (χ0n) is 25.0. The molecule has 0 saturated carbocycles. The minimum Gasteiger partial charge on any atom is -0.507 e. The van der Waals surface area contributed by atoms with Crippen molar-refractivity contribution in [3.63, 3.8) is 0 Å². The van der Waals surface area contributed by atoms with Crippen molar-refractivity contribution >= 4 is 29.1 Å². The van der Waals surface area contributed by atoms with Crippen LogP contribution in [0.4, 0.5) is 8.78 Å². The summed E-state index contributed by atoms with van der Waals surface area (Å²) in [7, 11) is 0. The number of pyridine rings is 1. The van der Waals surface area contributed by atoms with Crippen LogP contribution >= 0.6 is 23.2 Å². The monoisotopic (exact) mass is 680 g/mol. The van der Waals surface area contributed by atoms with Crippen molar-refractivity contribution in [1.82, 2.24) is 20.4 Å². The molecule has 3 N–H and O–H groups in total. The fourth-order valence-electron chi connectivity index (χ4n) is 5.64. The number of hydrogen-bond acceptors (Lipinski definition) is 8. The third-order valence-corrected chi connectivity index (χ3v) is 8.51. The fourth-order valence-corrected chi connectivity index (χ4v) is 6.04. The Bertz CT molecular complexity index is 1940. The number of benzene rings is 3. The number of fused-ring (bicyclic) bond motifs is 1. The summed E-state index contributed by atoms with van der Waals surface area (Å²) in [6, 6.07) is 19.3. The summed E-state index contributed by atoms with van der Waals surface area (Å²) in [5, 5.41) is 28.0. The topological polar surface area (TPSA) is 131 Å². The van der Waals surface area contributed by atoms with E-state index in [1.807, 2.05) is 0 Å². The van der Waals surface area contributed by atoms with Crippen LogP contribution < -0.4 is 10.1 Å². The first-order chi connectivity index (χ1) is 22.3. The quantitative estimate of drug-likeness (QED) is 0.153. The van der Waals surface area contributed by atoms with E-state index in [0.29, 0.717) is 43.8 Å². The normalized spacial score (nSPS) is 16.2. The number of phenols is 1. The molecule has 47 heavy (non-hydrogen) atoms. The fraction of sp³-hybridized carbons (Fsp3) is 0.235. The summed E-state index contributed by atoms with van der Waals surface area (Å²) in [5.41, 5.74) is 1.84. The predicted molar refractivity (Wildman–Crippen MR) is 172 cm³/mol. The number of aromatic nitrogens is 3. The molecule has 1 unspecified atom stereocenters. The molecule has 0 aliphatic carbocycles. The van der Waals surface area contributed by atoms with Crippen molar-refractivity contribution in [1.29, 1.82) is 0 Å². The molecule has 3 aromatic carbocycles. The Morgan fingerprint density at radius 1 is 1.06 bits per heavy atom. The Balaban J connectivity index is 1.41. The van der Waals surface area contributed by atoms with E-state index in [1.165, 1.54) is 30.7 Å².